The maximum absolute atomic E-state index is 10.3. The molecular weight excluding hydrogens is 168 g/mol. The Morgan fingerprint density at radius 1 is 1.08 bits per heavy atom. The lowest BCUT2D eigenvalue weighted by molar-refractivity contribution is 0.248. The van der Waals surface area contributed by atoms with Gasteiger partial charge in [-0.1, -0.05) is 0 Å². The number of primary amides is 1. The SMILES string of the molecule is NCCCNCCCCNC(N)=O. The van der Waals surface area contributed by atoms with E-state index < -0.39 is 6.03 Å². The highest BCUT2D eigenvalue weighted by molar-refractivity contribution is 5.71. The molecule has 0 aromatic heterocycles. The molecule has 0 aliphatic rings. The van der Waals surface area contributed by atoms with E-state index in [9.17, 15) is 4.79 Å². The monoisotopic (exact) mass is 188 g/mol. The summed E-state index contributed by atoms with van der Waals surface area (Å²) in [6, 6.07) is -0.448. The number of hydrogen-bond acceptors (Lipinski definition) is 3. The van der Waals surface area contributed by atoms with E-state index in [1.807, 2.05) is 0 Å². The molecule has 0 aromatic rings. The molecule has 2 amide bonds. The third-order valence-corrected chi connectivity index (χ3v) is 1.64. The predicted molar refractivity (Wildman–Crippen MR) is 53.4 cm³/mol. The van der Waals surface area contributed by atoms with Crippen LogP contribution < -0.4 is 22.1 Å². The van der Waals surface area contributed by atoms with Crippen LogP contribution in [0.15, 0.2) is 0 Å². The number of urea groups is 1. The standard InChI is InChI=1S/C8H20N4O/c9-4-3-6-11-5-1-2-7-12-8(10)13/h11H,1-7,9H2,(H3,10,12,13). The molecule has 0 bridgehead atoms. The second kappa shape index (κ2) is 9.28. The number of hydrogen-bond donors (Lipinski definition) is 4. The van der Waals surface area contributed by atoms with Crippen molar-refractivity contribution in [1.82, 2.24) is 10.6 Å². The summed E-state index contributed by atoms with van der Waals surface area (Å²) in [4.78, 5) is 10.3. The van der Waals surface area contributed by atoms with Crippen molar-refractivity contribution in [2.45, 2.75) is 19.3 Å². The van der Waals surface area contributed by atoms with Gasteiger partial charge in [0.25, 0.3) is 0 Å². The van der Waals surface area contributed by atoms with Crippen molar-refractivity contribution in [3.05, 3.63) is 0 Å². The molecule has 0 unspecified atom stereocenters. The van der Waals surface area contributed by atoms with Crippen LogP contribution in [0.2, 0.25) is 0 Å². The molecule has 0 spiro atoms. The van der Waals surface area contributed by atoms with Gasteiger partial charge in [-0.3, -0.25) is 0 Å². The smallest absolute Gasteiger partial charge is 0.312 e. The van der Waals surface area contributed by atoms with Crippen molar-refractivity contribution in [3.63, 3.8) is 0 Å². The van der Waals surface area contributed by atoms with Gasteiger partial charge in [-0.15, -0.1) is 0 Å². The molecule has 5 nitrogen and oxygen atoms in total. The molecule has 0 rings (SSSR count). The van der Waals surface area contributed by atoms with Crippen LogP contribution in [-0.2, 0) is 0 Å². The van der Waals surface area contributed by atoms with E-state index in [0.29, 0.717) is 6.54 Å². The molecule has 5 heteroatoms. The minimum atomic E-state index is -0.448. The molecule has 6 N–H and O–H groups in total. The van der Waals surface area contributed by atoms with Crippen LogP contribution >= 0.6 is 0 Å². The maximum Gasteiger partial charge on any atom is 0.312 e. The summed E-state index contributed by atoms with van der Waals surface area (Å²) in [7, 11) is 0. The summed E-state index contributed by atoms with van der Waals surface area (Å²) < 4.78 is 0. The molecule has 0 aromatic carbocycles. The Labute approximate surface area is 79.2 Å². The number of nitrogens with two attached hydrogens (primary N) is 2. The first kappa shape index (κ1) is 12.2. The Kier molecular flexibility index (Phi) is 8.70. The summed E-state index contributed by atoms with van der Waals surface area (Å²) in [6.07, 6.45) is 3.02. The molecule has 78 valence electrons. The van der Waals surface area contributed by atoms with Crippen LogP contribution in [0.3, 0.4) is 0 Å². The summed E-state index contributed by atoms with van der Waals surface area (Å²) in [5, 5.41) is 5.79. The van der Waals surface area contributed by atoms with Gasteiger partial charge in [-0.2, -0.15) is 0 Å². The van der Waals surface area contributed by atoms with Crippen LogP contribution in [0.5, 0.6) is 0 Å². The Morgan fingerprint density at radius 2 is 1.69 bits per heavy atom. The average molecular weight is 188 g/mol. The molecule has 0 aliphatic heterocycles. The van der Waals surface area contributed by atoms with Gasteiger partial charge in [-0.05, 0) is 38.9 Å². The Hall–Kier alpha value is -0.810. The van der Waals surface area contributed by atoms with Gasteiger partial charge in [-0.25, -0.2) is 4.79 Å². The van der Waals surface area contributed by atoms with Gasteiger partial charge < -0.3 is 22.1 Å². The number of carbonyl (C=O) groups is 1. The zero-order valence-electron chi connectivity index (χ0n) is 8.01. The van der Waals surface area contributed by atoms with Crippen molar-refractivity contribution in [2.75, 3.05) is 26.2 Å². The lowest BCUT2D eigenvalue weighted by atomic mass is 10.3. The van der Waals surface area contributed by atoms with Crippen molar-refractivity contribution in [3.8, 4) is 0 Å². The van der Waals surface area contributed by atoms with E-state index in [2.05, 4.69) is 10.6 Å². The molecular formula is C8H20N4O. The van der Waals surface area contributed by atoms with Gasteiger partial charge in [0.2, 0.25) is 0 Å². The summed E-state index contributed by atoms with van der Waals surface area (Å²) >= 11 is 0. The van der Waals surface area contributed by atoms with Gasteiger partial charge in [0, 0.05) is 6.54 Å². The number of carbonyl (C=O) groups excluding carboxylic acids is 1. The van der Waals surface area contributed by atoms with Crippen molar-refractivity contribution >= 4 is 6.03 Å². The second-order valence-electron chi connectivity index (χ2n) is 2.89. The number of rotatable bonds is 8. The molecule has 0 atom stereocenters. The van der Waals surface area contributed by atoms with E-state index in [-0.39, 0.29) is 0 Å². The first-order chi connectivity index (χ1) is 6.27. The molecule has 0 aliphatic carbocycles. The molecule has 13 heavy (non-hydrogen) atoms. The van der Waals surface area contributed by atoms with E-state index in [1.165, 1.54) is 0 Å². The van der Waals surface area contributed by atoms with Crippen LogP contribution in [-0.4, -0.2) is 32.2 Å². The van der Waals surface area contributed by atoms with Gasteiger partial charge >= 0.3 is 6.03 Å². The maximum atomic E-state index is 10.3. The van der Waals surface area contributed by atoms with Gasteiger partial charge in [0.05, 0.1) is 0 Å². The van der Waals surface area contributed by atoms with E-state index in [0.717, 1.165) is 38.9 Å². The lowest BCUT2D eigenvalue weighted by Crippen LogP contribution is -2.30. The second-order valence-corrected chi connectivity index (χ2v) is 2.89. The summed E-state index contributed by atoms with van der Waals surface area (Å²) in [6.45, 7) is 3.34. The number of amides is 2. The van der Waals surface area contributed by atoms with Crippen LogP contribution in [0.4, 0.5) is 4.79 Å². The fraction of sp³-hybridized carbons (Fsp3) is 0.875. The molecule has 0 fully saturated rings. The quantitative estimate of drug-likeness (QED) is 0.382. The zero-order chi connectivity index (χ0) is 9.94. The van der Waals surface area contributed by atoms with Crippen LogP contribution in [0.25, 0.3) is 0 Å². The average Bonchev–Trinajstić information content (AvgIpc) is 2.09. The zero-order valence-corrected chi connectivity index (χ0v) is 8.01. The van der Waals surface area contributed by atoms with E-state index >= 15 is 0 Å². The first-order valence-electron chi connectivity index (χ1n) is 4.71. The highest BCUT2D eigenvalue weighted by Gasteiger charge is 1.91. The van der Waals surface area contributed by atoms with Crippen LogP contribution in [0, 0.1) is 0 Å². The van der Waals surface area contributed by atoms with Gasteiger partial charge in [0.1, 0.15) is 0 Å². The normalized spacial score (nSPS) is 9.92. The fourth-order valence-corrected chi connectivity index (χ4v) is 0.939. The van der Waals surface area contributed by atoms with Crippen molar-refractivity contribution in [2.24, 2.45) is 11.5 Å². The minimum absolute atomic E-state index is 0.448. The van der Waals surface area contributed by atoms with E-state index in [4.69, 9.17) is 11.5 Å². The summed E-state index contributed by atoms with van der Waals surface area (Å²) in [5.41, 5.74) is 10.2. The Morgan fingerprint density at radius 3 is 2.31 bits per heavy atom. The van der Waals surface area contributed by atoms with E-state index in [1.54, 1.807) is 0 Å². The Balaban J connectivity index is 2.87. The molecule has 0 saturated carbocycles. The van der Waals surface area contributed by atoms with Crippen LogP contribution in [0.1, 0.15) is 19.3 Å². The third kappa shape index (κ3) is 11.2. The molecule has 0 heterocycles. The topological polar surface area (TPSA) is 93.2 Å². The predicted octanol–water partition coefficient (Wildman–Crippen LogP) is -0.627. The number of nitrogens with one attached hydrogen (secondary N) is 2. The van der Waals surface area contributed by atoms with Crippen molar-refractivity contribution < 1.29 is 4.79 Å². The third-order valence-electron chi connectivity index (χ3n) is 1.64. The van der Waals surface area contributed by atoms with Gasteiger partial charge in [0.15, 0.2) is 0 Å². The fourth-order valence-electron chi connectivity index (χ4n) is 0.939. The minimum Gasteiger partial charge on any atom is -0.352 e. The molecule has 0 saturated heterocycles. The summed E-state index contributed by atoms with van der Waals surface area (Å²) in [5.74, 6) is 0. The molecule has 0 radical (unpaired) electrons. The Bertz CT molecular complexity index is 129. The van der Waals surface area contributed by atoms with Crippen molar-refractivity contribution in [1.29, 1.82) is 0 Å². The number of unbranched alkanes of at least 4 members (excludes halogenated alkanes) is 1. The largest absolute Gasteiger partial charge is 0.352 e. The first-order valence-corrected chi connectivity index (χ1v) is 4.71. The highest BCUT2D eigenvalue weighted by atomic mass is 16.2. The lowest BCUT2D eigenvalue weighted by Gasteiger charge is -2.03. The highest BCUT2D eigenvalue weighted by Crippen LogP contribution is 1.84.